The van der Waals surface area contributed by atoms with Crippen LogP contribution in [0.1, 0.15) is 54.0 Å². The van der Waals surface area contributed by atoms with Gasteiger partial charge < -0.3 is 9.15 Å². The standard InChI is InChI=1S/C14H20O3/c1-10-9-13(11(2)17-10)14(15)7-3-5-12-6-4-8-16-12/h9,12H,3-8H2,1-2H3. The molecule has 1 aromatic rings. The summed E-state index contributed by atoms with van der Waals surface area (Å²) in [5.74, 6) is 1.74. The Bertz CT molecular complexity index is 386. The third-order valence-electron chi connectivity index (χ3n) is 3.30. The van der Waals surface area contributed by atoms with E-state index in [9.17, 15) is 4.79 Å². The third kappa shape index (κ3) is 3.19. The first-order valence-electron chi connectivity index (χ1n) is 6.38. The van der Waals surface area contributed by atoms with Crippen LogP contribution < -0.4 is 0 Å². The van der Waals surface area contributed by atoms with E-state index in [0.717, 1.165) is 43.0 Å². The Labute approximate surface area is 102 Å². The molecule has 2 heterocycles. The van der Waals surface area contributed by atoms with E-state index in [-0.39, 0.29) is 5.78 Å². The molecule has 0 radical (unpaired) electrons. The molecule has 1 saturated heterocycles. The molecular weight excluding hydrogens is 216 g/mol. The molecule has 1 aliphatic rings. The molecule has 1 atom stereocenters. The van der Waals surface area contributed by atoms with Gasteiger partial charge >= 0.3 is 0 Å². The van der Waals surface area contributed by atoms with Gasteiger partial charge in [0.05, 0.1) is 11.7 Å². The van der Waals surface area contributed by atoms with Crippen LogP contribution in [-0.4, -0.2) is 18.5 Å². The molecule has 1 aliphatic heterocycles. The van der Waals surface area contributed by atoms with Gasteiger partial charge in [-0.2, -0.15) is 0 Å². The molecule has 17 heavy (non-hydrogen) atoms. The molecule has 0 N–H and O–H groups in total. The number of furan rings is 1. The normalized spacial score (nSPS) is 19.8. The first-order valence-corrected chi connectivity index (χ1v) is 6.38. The van der Waals surface area contributed by atoms with Gasteiger partial charge in [-0.25, -0.2) is 0 Å². The molecule has 0 aliphatic carbocycles. The average molecular weight is 236 g/mol. The Kier molecular flexibility index (Phi) is 4.00. The SMILES string of the molecule is Cc1cc(C(=O)CCCC2CCCO2)c(C)o1. The van der Waals surface area contributed by atoms with Gasteiger partial charge in [-0.1, -0.05) is 0 Å². The fourth-order valence-electron chi connectivity index (χ4n) is 2.40. The van der Waals surface area contributed by atoms with Gasteiger partial charge in [0.25, 0.3) is 0 Å². The van der Waals surface area contributed by atoms with Crippen molar-refractivity contribution >= 4 is 5.78 Å². The molecule has 0 amide bonds. The topological polar surface area (TPSA) is 39.4 Å². The number of carbonyl (C=O) groups excluding carboxylic acids is 1. The second kappa shape index (κ2) is 5.50. The number of hydrogen-bond donors (Lipinski definition) is 0. The van der Waals surface area contributed by atoms with E-state index in [1.807, 2.05) is 19.9 Å². The first-order chi connectivity index (χ1) is 8.16. The summed E-state index contributed by atoms with van der Waals surface area (Å²) in [5, 5.41) is 0. The number of Topliss-reactive ketones (excluding diaryl/α,β-unsaturated/α-hetero) is 1. The van der Waals surface area contributed by atoms with Crippen LogP contribution in [0.5, 0.6) is 0 Å². The molecule has 0 saturated carbocycles. The van der Waals surface area contributed by atoms with Crippen molar-refractivity contribution in [3.8, 4) is 0 Å². The fourth-order valence-corrected chi connectivity index (χ4v) is 2.40. The van der Waals surface area contributed by atoms with E-state index in [0.29, 0.717) is 12.5 Å². The maximum Gasteiger partial charge on any atom is 0.166 e. The summed E-state index contributed by atoms with van der Waals surface area (Å²) < 4.78 is 10.9. The Balaban J connectivity index is 1.78. The molecule has 94 valence electrons. The summed E-state index contributed by atoms with van der Waals surface area (Å²) in [7, 11) is 0. The zero-order chi connectivity index (χ0) is 12.3. The molecule has 3 heteroatoms. The Morgan fingerprint density at radius 1 is 1.47 bits per heavy atom. The molecule has 2 rings (SSSR count). The number of ether oxygens (including phenoxy) is 1. The van der Waals surface area contributed by atoms with E-state index in [4.69, 9.17) is 9.15 Å². The van der Waals surface area contributed by atoms with Gasteiger partial charge in [0, 0.05) is 13.0 Å². The Morgan fingerprint density at radius 2 is 2.29 bits per heavy atom. The summed E-state index contributed by atoms with van der Waals surface area (Å²) in [6.07, 6.45) is 5.21. The molecule has 0 aromatic carbocycles. The molecule has 1 aromatic heterocycles. The van der Waals surface area contributed by atoms with Crippen LogP contribution in [0.4, 0.5) is 0 Å². The lowest BCUT2D eigenvalue weighted by molar-refractivity contribution is 0.0922. The van der Waals surface area contributed by atoms with Crippen LogP contribution >= 0.6 is 0 Å². The van der Waals surface area contributed by atoms with Crippen molar-refractivity contribution in [2.45, 2.75) is 52.1 Å². The predicted octanol–water partition coefficient (Wildman–Crippen LogP) is 3.43. The Hall–Kier alpha value is -1.09. The maximum absolute atomic E-state index is 12.0. The molecule has 1 unspecified atom stereocenters. The van der Waals surface area contributed by atoms with Gasteiger partial charge in [0.1, 0.15) is 11.5 Å². The van der Waals surface area contributed by atoms with Crippen LogP contribution in [0.15, 0.2) is 10.5 Å². The summed E-state index contributed by atoms with van der Waals surface area (Å²) in [5.41, 5.74) is 0.745. The van der Waals surface area contributed by atoms with Crippen LogP contribution in [0, 0.1) is 13.8 Å². The maximum atomic E-state index is 12.0. The van der Waals surface area contributed by atoms with Gasteiger partial charge in [0.15, 0.2) is 5.78 Å². The largest absolute Gasteiger partial charge is 0.466 e. The lowest BCUT2D eigenvalue weighted by Crippen LogP contribution is -2.06. The van der Waals surface area contributed by atoms with Crippen LogP contribution in [-0.2, 0) is 4.74 Å². The van der Waals surface area contributed by atoms with Crippen molar-refractivity contribution in [1.29, 1.82) is 0 Å². The third-order valence-corrected chi connectivity index (χ3v) is 3.30. The van der Waals surface area contributed by atoms with Crippen molar-refractivity contribution < 1.29 is 13.9 Å². The molecule has 3 nitrogen and oxygen atoms in total. The number of carbonyl (C=O) groups is 1. The Morgan fingerprint density at radius 3 is 2.88 bits per heavy atom. The minimum absolute atomic E-state index is 0.192. The quantitative estimate of drug-likeness (QED) is 0.735. The van der Waals surface area contributed by atoms with Gasteiger partial charge in [0.2, 0.25) is 0 Å². The zero-order valence-corrected chi connectivity index (χ0v) is 10.6. The van der Waals surface area contributed by atoms with Crippen LogP contribution in [0.3, 0.4) is 0 Å². The monoisotopic (exact) mass is 236 g/mol. The van der Waals surface area contributed by atoms with Crippen molar-refractivity contribution in [3.05, 3.63) is 23.2 Å². The first kappa shape index (κ1) is 12.4. The van der Waals surface area contributed by atoms with Crippen molar-refractivity contribution in [3.63, 3.8) is 0 Å². The van der Waals surface area contributed by atoms with E-state index >= 15 is 0 Å². The lowest BCUT2D eigenvalue weighted by atomic mass is 10.0. The number of ketones is 1. The summed E-state index contributed by atoms with van der Waals surface area (Å²) in [6, 6.07) is 1.84. The molecule has 0 spiro atoms. The molecule has 1 fully saturated rings. The zero-order valence-electron chi connectivity index (χ0n) is 10.6. The van der Waals surface area contributed by atoms with Crippen LogP contribution in [0.2, 0.25) is 0 Å². The number of hydrogen-bond acceptors (Lipinski definition) is 3. The van der Waals surface area contributed by atoms with Crippen molar-refractivity contribution in [2.75, 3.05) is 6.61 Å². The highest BCUT2D eigenvalue weighted by Gasteiger charge is 2.17. The van der Waals surface area contributed by atoms with Crippen LogP contribution in [0.25, 0.3) is 0 Å². The highest BCUT2D eigenvalue weighted by Crippen LogP contribution is 2.20. The summed E-state index contributed by atoms with van der Waals surface area (Å²) in [6.45, 7) is 4.61. The smallest absolute Gasteiger partial charge is 0.166 e. The van der Waals surface area contributed by atoms with Crippen molar-refractivity contribution in [2.24, 2.45) is 0 Å². The second-order valence-electron chi connectivity index (χ2n) is 4.78. The average Bonchev–Trinajstić information content (AvgIpc) is 2.88. The van der Waals surface area contributed by atoms with Gasteiger partial charge in [-0.05, 0) is 45.6 Å². The van der Waals surface area contributed by atoms with E-state index < -0.39 is 0 Å². The van der Waals surface area contributed by atoms with E-state index in [1.165, 1.54) is 6.42 Å². The second-order valence-corrected chi connectivity index (χ2v) is 4.78. The van der Waals surface area contributed by atoms with Crippen molar-refractivity contribution in [1.82, 2.24) is 0 Å². The highest BCUT2D eigenvalue weighted by atomic mass is 16.5. The minimum atomic E-state index is 0.192. The van der Waals surface area contributed by atoms with E-state index in [1.54, 1.807) is 0 Å². The fraction of sp³-hybridized carbons (Fsp3) is 0.643. The molecular formula is C14H20O3. The number of rotatable bonds is 5. The lowest BCUT2D eigenvalue weighted by Gasteiger charge is -2.07. The summed E-state index contributed by atoms with van der Waals surface area (Å²) >= 11 is 0. The minimum Gasteiger partial charge on any atom is -0.466 e. The highest BCUT2D eigenvalue weighted by molar-refractivity contribution is 5.97. The van der Waals surface area contributed by atoms with Gasteiger partial charge in [-0.15, -0.1) is 0 Å². The summed E-state index contributed by atoms with van der Waals surface area (Å²) in [4.78, 5) is 12.0. The van der Waals surface area contributed by atoms with E-state index in [2.05, 4.69) is 0 Å². The van der Waals surface area contributed by atoms with Gasteiger partial charge in [-0.3, -0.25) is 4.79 Å². The number of aryl methyl sites for hydroxylation is 2. The predicted molar refractivity (Wildman–Crippen MR) is 65.3 cm³/mol. The molecule has 0 bridgehead atoms.